The van der Waals surface area contributed by atoms with Crippen LogP contribution in [0.2, 0.25) is 0 Å². The minimum Gasteiger partial charge on any atom is -0.296 e. The van der Waals surface area contributed by atoms with Gasteiger partial charge in [0.1, 0.15) is 5.01 Å². The Morgan fingerprint density at radius 3 is 2.04 bits per heavy atom. The second-order valence-corrected chi connectivity index (χ2v) is 6.91. The normalized spacial score (nSPS) is 12.5. The van der Waals surface area contributed by atoms with Crippen molar-refractivity contribution >= 4 is 22.4 Å². The van der Waals surface area contributed by atoms with Gasteiger partial charge in [0, 0.05) is 12.0 Å². The number of nitrogens with zero attached hydrogens (tertiary/aromatic N) is 2. The zero-order valence-corrected chi connectivity index (χ0v) is 14.3. The highest BCUT2D eigenvalue weighted by Gasteiger charge is 2.37. The topological polar surface area (TPSA) is 54.9 Å². The molecule has 26 heavy (non-hydrogen) atoms. The molecule has 142 valence electrons. The quantitative estimate of drug-likeness (QED) is 0.737. The molecule has 0 saturated heterocycles. The molecule has 2 aromatic rings. The summed E-state index contributed by atoms with van der Waals surface area (Å²) in [5, 5.41) is 10.2. The maximum Gasteiger partial charge on any atom is 0.416 e. The fourth-order valence-electron chi connectivity index (χ4n) is 1.99. The number of alkyl halides is 6. The lowest BCUT2D eigenvalue weighted by Crippen LogP contribution is -2.17. The van der Waals surface area contributed by atoms with Crippen LogP contribution < -0.4 is 5.32 Å². The molecule has 0 bridgehead atoms. The molecule has 0 aliphatic rings. The number of aromatic nitrogens is 2. The summed E-state index contributed by atoms with van der Waals surface area (Å²) in [7, 11) is 0. The zero-order chi connectivity index (χ0) is 19.7. The van der Waals surface area contributed by atoms with Crippen LogP contribution in [0.4, 0.5) is 31.5 Å². The highest BCUT2D eigenvalue weighted by atomic mass is 32.1. The van der Waals surface area contributed by atoms with Crippen molar-refractivity contribution in [2.45, 2.75) is 32.6 Å². The van der Waals surface area contributed by atoms with Crippen molar-refractivity contribution in [2.75, 3.05) is 5.32 Å². The lowest BCUT2D eigenvalue weighted by Gasteiger charge is -2.13. The van der Waals surface area contributed by atoms with Gasteiger partial charge in [0.25, 0.3) is 5.91 Å². The lowest BCUT2D eigenvalue weighted by molar-refractivity contribution is -0.143. The molecule has 0 saturated carbocycles. The number of rotatable bonds is 4. The van der Waals surface area contributed by atoms with E-state index in [0.29, 0.717) is 23.6 Å². The Kier molecular flexibility index (Phi) is 5.59. The van der Waals surface area contributed by atoms with E-state index in [0.717, 1.165) is 11.3 Å². The number of carbonyl (C=O) groups excluding carboxylic acids is 1. The molecule has 4 nitrogen and oxygen atoms in total. The number of carbonyl (C=O) groups is 1. The minimum absolute atomic E-state index is 0.00313. The van der Waals surface area contributed by atoms with Crippen molar-refractivity contribution in [1.82, 2.24) is 10.2 Å². The van der Waals surface area contributed by atoms with Crippen molar-refractivity contribution in [3.63, 3.8) is 0 Å². The molecule has 1 aromatic heterocycles. The predicted molar refractivity (Wildman–Crippen MR) is 82.9 cm³/mol. The van der Waals surface area contributed by atoms with Crippen molar-refractivity contribution in [3.8, 4) is 0 Å². The van der Waals surface area contributed by atoms with E-state index in [2.05, 4.69) is 15.5 Å². The van der Waals surface area contributed by atoms with Crippen molar-refractivity contribution in [3.05, 3.63) is 39.9 Å². The third-order valence-electron chi connectivity index (χ3n) is 3.12. The highest BCUT2D eigenvalue weighted by Crippen LogP contribution is 2.36. The van der Waals surface area contributed by atoms with Crippen LogP contribution in [-0.4, -0.2) is 16.1 Å². The van der Waals surface area contributed by atoms with Gasteiger partial charge in [-0.1, -0.05) is 25.2 Å². The molecule has 0 atom stereocenters. The van der Waals surface area contributed by atoms with Crippen LogP contribution in [0.1, 0.15) is 40.3 Å². The summed E-state index contributed by atoms with van der Waals surface area (Å²) in [5.41, 5.74) is -3.89. The number of hydrogen-bond acceptors (Lipinski definition) is 4. The summed E-state index contributed by atoms with van der Waals surface area (Å²) in [5.74, 6) is -0.863. The summed E-state index contributed by atoms with van der Waals surface area (Å²) in [6.07, 6.45) is -9.47. The number of halogens is 6. The molecule has 11 heteroatoms. The maximum absolute atomic E-state index is 12.8. The zero-order valence-electron chi connectivity index (χ0n) is 13.5. The SMILES string of the molecule is CC(C)Cc1nnc(NC(=O)c2cc(C(F)(F)F)cc(C(F)(F)F)c2)s1. The van der Waals surface area contributed by atoms with Gasteiger partial charge in [-0.05, 0) is 24.1 Å². The molecule has 0 aliphatic carbocycles. The van der Waals surface area contributed by atoms with Gasteiger partial charge in [0.15, 0.2) is 0 Å². The molecular formula is C15H13F6N3OS. The van der Waals surface area contributed by atoms with E-state index in [-0.39, 0.29) is 17.1 Å². The van der Waals surface area contributed by atoms with Gasteiger partial charge in [-0.2, -0.15) is 26.3 Å². The van der Waals surface area contributed by atoms with Crippen LogP contribution in [0.25, 0.3) is 0 Å². The van der Waals surface area contributed by atoms with Crippen molar-refractivity contribution in [1.29, 1.82) is 0 Å². The highest BCUT2D eigenvalue weighted by molar-refractivity contribution is 7.15. The number of hydrogen-bond donors (Lipinski definition) is 1. The van der Waals surface area contributed by atoms with E-state index < -0.39 is 35.0 Å². The van der Waals surface area contributed by atoms with E-state index >= 15 is 0 Å². The molecule has 1 aromatic carbocycles. The minimum atomic E-state index is -5.02. The molecule has 1 heterocycles. The van der Waals surface area contributed by atoms with Gasteiger partial charge < -0.3 is 0 Å². The first-order valence-electron chi connectivity index (χ1n) is 7.29. The summed E-state index contributed by atoms with van der Waals surface area (Å²) < 4.78 is 77.0. The van der Waals surface area contributed by atoms with Crippen molar-refractivity contribution in [2.24, 2.45) is 5.92 Å². The van der Waals surface area contributed by atoms with Crippen LogP contribution in [0.5, 0.6) is 0 Å². The van der Waals surface area contributed by atoms with E-state index in [1.54, 1.807) is 0 Å². The van der Waals surface area contributed by atoms with Crippen LogP contribution in [0.15, 0.2) is 18.2 Å². The van der Waals surface area contributed by atoms with Gasteiger partial charge in [-0.25, -0.2) is 0 Å². The van der Waals surface area contributed by atoms with Gasteiger partial charge in [-0.3, -0.25) is 10.1 Å². The van der Waals surface area contributed by atoms with E-state index in [1.165, 1.54) is 0 Å². The Balaban J connectivity index is 2.31. The predicted octanol–water partition coefficient (Wildman–Crippen LogP) is 5.03. The van der Waals surface area contributed by atoms with Gasteiger partial charge in [-0.15, -0.1) is 10.2 Å². The standard InChI is InChI=1S/C15H13F6N3OS/c1-7(2)3-11-23-24-13(26-11)22-12(25)8-4-9(14(16,17)18)6-10(5-8)15(19,20)21/h4-7H,3H2,1-2H3,(H,22,24,25). The molecule has 0 aliphatic heterocycles. The Bertz CT molecular complexity index is 765. The molecule has 1 amide bonds. The number of anilines is 1. The van der Waals surface area contributed by atoms with E-state index in [4.69, 9.17) is 0 Å². The largest absolute Gasteiger partial charge is 0.416 e. The summed E-state index contributed by atoms with van der Waals surface area (Å²) in [6, 6.07) is 0.684. The molecule has 1 N–H and O–H groups in total. The molecule has 0 fully saturated rings. The smallest absolute Gasteiger partial charge is 0.296 e. The van der Waals surface area contributed by atoms with E-state index in [1.807, 2.05) is 13.8 Å². The van der Waals surface area contributed by atoms with Gasteiger partial charge in [0.05, 0.1) is 11.1 Å². The Morgan fingerprint density at radius 2 is 1.58 bits per heavy atom. The molecule has 2 rings (SSSR count). The molecule has 0 unspecified atom stereocenters. The molecule has 0 radical (unpaired) electrons. The van der Waals surface area contributed by atoms with Crippen LogP contribution >= 0.6 is 11.3 Å². The summed E-state index contributed by atoms with van der Waals surface area (Å²) in [6.45, 7) is 3.86. The monoisotopic (exact) mass is 397 g/mol. The van der Waals surface area contributed by atoms with Gasteiger partial charge >= 0.3 is 12.4 Å². The number of nitrogens with one attached hydrogen (secondary N) is 1. The first-order valence-corrected chi connectivity index (χ1v) is 8.11. The maximum atomic E-state index is 12.8. The summed E-state index contributed by atoms with van der Waals surface area (Å²) in [4.78, 5) is 12.1. The Labute approximate surface area is 148 Å². The Morgan fingerprint density at radius 1 is 1.04 bits per heavy atom. The first-order chi connectivity index (χ1) is 11.9. The fourth-order valence-corrected chi connectivity index (χ4v) is 2.94. The average molecular weight is 397 g/mol. The second kappa shape index (κ2) is 7.22. The van der Waals surface area contributed by atoms with Crippen LogP contribution in [0.3, 0.4) is 0 Å². The lowest BCUT2D eigenvalue weighted by atomic mass is 10.0. The van der Waals surface area contributed by atoms with E-state index in [9.17, 15) is 31.1 Å². The van der Waals surface area contributed by atoms with Crippen molar-refractivity contribution < 1.29 is 31.1 Å². The average Bonchev–Trinajstić information content (AvgIpc) is 2.91. The third-order valence-corrected chi connectivity index (χ3v) is 3.98. The molecular weight excluding hydrogens is 384 g/mol. The Hall–Kier alpha value is -2.17. The third kappa shape index (κ3) is 5.16. The number of amides is 1. The molecule has 0 spiro atoms. The second-order valence-electron chi connectivity index (χ2n) is 5.85. The summed E-state index contributed by atoms with van der Waals surface area (Å²) >= 11 is 1.01. The van der Waals surface area contributed by atoms with Crippen LogP contribution in [0, 0.1) is 5.92 Å². The van der Waals surface area contributed by atoms with Crippen LogP contribution in [-0.2, 0) is 18.8 Å². The first kappa shape index (κ1) is 20.1. The number of benzene rings is 1. The fraction of sp³-hybridized carbons (Fsp3) is 0.400. The van der Waals surface area contributed by atoms with Gasteiger partial charge in [0.2, 0.25) is 5.13 Å².